The van der Waals surface area contributed by atoms with Crippen LogP contribution in [-0.2, 0) is 4.79 Å². The molecular weight excluding hydrogens is 203 g/mol. The minimum atomic E-state index is -4.34. The maximum Gasteiger partial charge on any atom is 0.411 e. The molecule has 0 aromatic rings. The lowest BCUT2D eigenvalue weighted by molar-refractivity contribution is -0.170. The van der Waals surface area contributed by atoms with Gasteiger partial charge in [-0.3, -0.25) is 4.79 Å². The Morgan fingerprint density at radius 1 is 1.54 bits per heavy atom. The number of carbonyl (C=O) groups is 1. The van der Waals surface area contributed by atoms with Gasteiger partial charge in [0, 0.05) is 0 Å². The van der Waals surface area contributed by atoms with Gasteiger partial charge in [0.1, 0.15) is 5.54 Å². The van der Waals surface area contributed by atoms with E-state index in [1.165, 1.54) is 6.92 Å². The fourth-order valence-electron chi connectivity index (χ4n) is 0.945. The highest BCUT2D eigenvalue weighted by molar-refractivity contribution is 7.81. The predicted molar refractivity (Wildman–Crippen MR) is 44.6 cm³/mol. The maximum absolute atomic E-state index is 12.3. The SMILES string of the molecule is CC(S)C(=O)NC1(C(F)(F)F)CC1. The molecule has 1 fully saturated rings. The Morgan fingerprint density at radius 3 is 2.23 bits per heavy atom. The van der Waals surface area contributed by atoms with Gasteiger partial charge in [0.2, 0.25) is 5.91 Å². The zero-order valence-corrected chi connectivity index (χ0v) is 7.88. The van der Waals surface area contributed by atoms with Crippen LogP contribution in [0.5, 0.6) is 0 Å². The first-order valence-electron chi connectivity index (χ1n) is 3.85. The van der Waals surface area contributed by atoms with Gasteiger partial charge in [-0.1, -0.05) is 0 Å². The monoisotopic (exact) mass is 213 g/mol. The predicted octanol–water partition coefficient (Wildman–Crippen LogP) is 1.52. The Hall–Kier alpha value is -0.390. The number of nitrogens with one attached hydrogen (secondary N) is 1. The number of halogens is 3. The zero-order chi connectivity index (χ0) is 10.3. The molecular formula is C7H10F3NOS. The van der Waals surface area contributed by atoms with E-state index < -0.39 is 22.9 Å². The van der Waals surface area contributed by atoms with E-state index in [9.17, 15) is 18.0 Å². The lowest BCUT2D eigenvalue weighted by Gasteiger charge is -2.21. The molecule has 1 N–H and O–H groups in total. The van der Waals surface area contributed by atoms with Gasteiger partial charge < -0.3 is 5.32 Å². The highest BCUT2D eigenvalue weighted by Crippen LogP contribution is 2.48. The Morgan fingerprint density at radius 2 is 2.00 bits per heavy atom. The number of alkyl halides is 3. The summed E-state index contributed by atoms with van der Waals surface area (Å²) in [7, 11) is 0. The number of hydrogen-bond donors (Lipinski definition) is 2. The molecule has 1 unspecified atom stereocenters. The summed E-state index contributed by atoms with van der Waals surface area (Å²) in [6.45, 7) is 1.44. The summed E-state index contributed by atoms with van der Waals surface area (Å²) in [5.41, 5.74) is -1.96. The summed E-state index contributed by atoms with van der Waals surface area (Å²) in [5, 5.41) is 1.26. The molecule has 6 heteroatoms. The molecule has 1 aliphatic carbocycles. The molecule has 0 saturated heterocycles. The van der Waals surface area contributed by atoms with Crippen LogP contribution in [-0.4, -0.2) is 22.9 Å². The van der Waals surface area contributed by atoms with Gasteiger partial charge in [-0.25, -0.2) is 0 Å². The topological polar surface area (TPSA) is 29.1 Å². The second-order valence-electron chi connectivity index (χ2n) is 3.25. The smallest absolute Gasteiger partial charge is 0.341 e. The minimum Gasteiger partial charge on any atom is -0.341 e. The largest absolute Gasteiger partial charge is 0.411 e. The summed E-state index contributed by atoms with van der Waals surface area (Å²) < 4.78 is 36.8. The molecule has 0 radical (unpaired) electrons. The van der Waals surface area contributed by atoms with Crippen LogP contribution in [0.15, 0.2) is 0 Å². The third kappa shape index (κ3) is 2.10. The van der Waals surface area contributed by atoms with E-state index in [0.29, 0.717) is 0 Å². The van der Waals surface area contributed by atoms with E-state index >= 15 is 0 Å². The first-order chi connectivity index (χ1) is 5.78. The first kappa shape index (κ1) is 10.7. The van der Waals surface area contributed by atoms with Crippen molar-refractivity contribution in [2.24, 2.45) is 0 Å². The summed E-state index contributed by atoms with van der Waals surface area (Å²) in [6.07, 6.45) is -4.39. The van der Waals surface area contributed by atoms with Crippen molar-refractivity contribution in [3.05, 3.63) is 0 Å². The molecule has 1 rings (SSSR count). The van der Waals surface area contributed by atoms with Gasteiger partial charge in [-0.05, 0) is 19.8 Å². The molecule has 0 aromatic carbocycles. The van der Waals surface area contributed by atoms with E-state index in [-0.39, 0.29) is 12.8 Å². The van der Waals surface area contributed by atoms with Gasteiger partial charge in [0.25, 0.3) is 0 Å². The van der Waals surface area contributed by atoms with E-state index in [1.54, 1.807) is 0 Å². The number of hydrogen-bond acceptors (Lipinski definition) is 2. The van der Waals surface area contributed by atoms with Crippen molar-refractivity contribution in [1.29, 1.82) is 0 Å². The summed E-state index contributed by atoms with van der Waals surface area (Å²) in [5.74, 6) is -0.668. The van der Waals surface area contributed by atoms with Crippen LogP contribution in [0.25, 0.3) is 0 Å². The molecule has 1 atom stereocenters. The normalized spacial score (nSPS) is 22.2. The summed E-state index contributed by atoms with van der Waals surface area (Å²) in [6, 6.07) is 0. The van der Waals surface area contributed by atoms with E-state index in [1.807, 2.05) is 5.32 Å². The van der Waals surface area contributed by atoms with Gasteiger partial charge in [0.05, 0.1) is 5.25 Å². The van der Waals surface area contributed by atoms with E-state index in [2.05, 4.69) is 12.6 Å². The minimum absolute atomic E-state index is 0.0251. The lowest BCUT2D eigenvalue weighted by Crippen LogP contribution is -2.49. The van der Waals surface area contributed by atoms with Crippen molar-refractivity contribution in [2.75, 3.05) is 0 Å². The van der Waals surface area contributed by atoms with Gasteiger partial charge in [-0.15, -0.1) is 0 Å². The van der Waals surface area contributed by atoms with Gasteiger partial charge in [0.15, 0.2) is 0 Å². The zero-order valence-electron chi connectivity index (χ0n) is 6.98. The average Bonchev–Trinajstić information content (AvgIpc) is 2.66. The Kier molecular flexibility index (Phi) is 2.53. The summed E-state index contributed by atoms with van der Waals surface area (Å²) >= 11 is 3.75. The standard InChI is InChI=1S/C7H10F3NOS/c1-4(13)5(12)11-6(2-3-6)7(8,9)10/h4,13H,2-3H2,1H3,(H,11,12). The van der Waals surface area contributed by atoms with Crippen molar-refractivity contribution in [1.82, 2.24) is 5.32 Å². The molecule has 1 saturated carbocycles. The van der Waals surface area contributed by atoms with Crippen molar-refractivity contribution in [2.45, 2.75) is 36.7 Å². The van der Waals surface area contributed by atoms with Crippen LogP contribution >= 0.6 is 12.6 Å². The quantitative estimate of drug-likeness (QED) is 0.669. The first-order valence-corrected chi connectivity index (χ1v) is 4.37. The fourth-order valence-corrected chi connectivity index (χ4v) is 1.01. The molecule has 0 bridgehead atoms. The molecule has 0 spiro atoms. The van der Waals surface area contributed by atoms with Crippen LogP contribution < -0.4 is 5.32 Å². The molecule has 0 aliphatic heterocycles. The van der Waals surface area contributed by atoms with E-state index in [0.717, 1.165) is 0 Å². The van der Waals surface area contributed by atoms with E-state index in [4.69, 9.17) is 0 Å². The van der Waals surface area contributed by atoms with Crippen molar-refractivity contribution < 1.29 is 18.0 Å². The average molecular weight is 213 g/mol. The highest BCUT2D eigenvalue weighted by Gasteiger charge is 2.64. The van der Waals surface area contributed by atoms with Crippen LogP contribution in [0.2, 0.25) is 0 Å². The Labute approximate surface area is 79.3 Å². The van der Waals surface area contributed by atoms with Crippen molar-refractivity contribution in [3.8, 4) is 0 Å². The van der Waals surface area contributed by atoms with Gasteiger partial charge in [-0.2, -0.15) is 25.8 Å². The third-order valence-corrected chi connectivity index (χ3v) is 2.27. The number of thiol groups is 1. The molecule has 13 heavy (non-hydrogen) atoms. The molecule has 76 valence electrons. The molecule has 1 amide bonds. The number of amides is 1. The third-order valence-electron chi connectivity index (χ3n) is 2.03. The Balaban J connectivity index is 2.59. The molecule has 1 aliphatic rings. The van der Waals surface area contributed by atoms with Crippen LogP contribution in [0.1, 0.15) is 19.8 Å². The maximum atomic E-state index is 12.3. The number of carbonyl (C=O) groups excluding carboxylic acids is 1. The summed E-state index contributed by atoms with van der Waals surface area (Å²) in [4.78, 5) is 11.0. The Bertz CT molecular complexity index is 222. The van der Waals surface area contributed by atoms with Gasteiger partial charge >= 0.3 is 6.18 Å². The molecule has 0 heterocycles. The van der Waals surface area contributed by atoms with Crippen LogP contribution in [0.4, 0.5) is 13.2 Å². The number of rotatable bonds is 2. The molecule has 0 aromatic heterocycles. The molecule has 2 nitrogen and oxygen atoms in total. The van der Waals surface area contributed by atoms with Crippen LogP contribution in [0, 0.1) is 0 Å². The second kappa shape index (κ2) is 3.08. The van der Waals surface area contributed by atoms with Crippen molar-refractivity contribution in [3.63, 3.8) is 0 Å². The second-order valence-corrected chi connectivity index (χ2v) is 4.02. The fraction of sp³-hybridized carbons (Fsp3) is 0.857. The van der Waals surface area contributed by atoms with Crippen molar-refractivity contribution >= 4 is 18.5 Å². The van der Waals surface area contributed by atoms with Crippen LogP contribution in [0.3, 0.4) is 0 Å². The lowest BCUT2D eigenvalue weighted by atomic mass is 10.2. The highest BCUT2D eigenvalue weighted by atomic mass is 32.1.